The van der Waals surface area contributed by atoms with E-state index in [0.29, 0.717) is 0 Å². The molecule has 0 amide bonds. The summed E-state index contributed by atoms with van der Waals surface area (Å²) in [7, 11) is 3.22. The number of nitrogens with zero attached hydrogens (tertiary/aromatic N) is 2. The van der Waals surface area contributed by atoms with E-state index < -0.39 is 6.29 Å². The van der Waals surface area contributed by atoms with Crippen molar-refractivity contribution in [1.82, 2.24) is 19.9 Å². The predicted molar refractivity (Wildman–Crippen MR) is 262 cm³/mol. The second kappa shape index (κ2) is 19.9. The van der Waals surface area contributed by atoms with Crippen LogP contribution in [-0.4, -0.2) is 34.2 Å². The van der Waals surface area contributed by atoms with Gasteiger partial charge in [0.2, 0.25) is 0 Å². The molecule has 5 aromatic rings. The Labute approximate surface area is 373 Å². The summed E-state index contributed by atoms with van der Waals surface area (Å²) in [4.78, 5) is 18.6. The third-order valence-electron chi connectivity index (χ3n) is 12.4. The molecule has 0 atom stereocenters. The summed E-state index contributed by atoms with van der Waals surface area (Å²) in [5.41, 5.74) is 22.9. The normalized spacial score (nSPS) is 12.0. The van der Waals surface area contributed by atoms with E-state index in [1.54, 1.807) is 14.2 Å². The van der Waals surface area contributed by atoms with Crippen LogP contribution in [0, 0.1) is 61.2 Å². The van der Waals surface area contributed by atoms with Crippen LogP contribution in [0.25, 0.3) is 55.5 Å². The minimum Gasteiger partial charge on any atom is -0.355 e. The van der Waals surface area contributed by atoms with Crippen LogP contribution in [0.5, 0.6) is 0 Å². The minimum absolute atomic E-state index is 0.405. The van der Waals surface area contributed by atoms with Gasteiger partial charge >= 0.3 is 0 Å². The van der Waals surface area contributed by atoms with Gasteiger partial charge in [-0.1, -0.05) is 62.8 Å². The largest absolute Gasteiger partial charge is 0.355 e. The van der Waals surface area contributed by atoms with Gasteiger partial charge in [0, 0.05) is 58.5 Å². The van der Waals surface area contributed by atoms with Crippen molar-refractivity contribution >= 4 is 44.4 Å². The van der Waals surface area contributed by atoms with E-state index in [9.17, 15) is 0 Å². The number of fused-ring (bicyclic) bond motifs is 8. The topological polar surface area (TPSA) is 75.8 Å². The first-order valence-electron chi connectivity index (χ1n) is 22.0. The van der Waals surface area contributed by atoms with Crippen LogP contribution < -0.4 is 0 Å². The van der Waals surface area contributed by atoms with Gasteiger partial charge in [-0.15, -0.1) is 0 Å². The average molecular weight is 829 g/mol. The van der Waals surface area contributed by atoms with Crippen molar-refractivity contribution in [1.29, 1.82) is 0 Å². The van der Waals surface area contributed by atoms with Gasteiger partial charge in [-0.2, -0.15) is 0 Å². The van der Waals surface area contributed by atoms with Gasteiger partial charge in [-0.05, 0) is 195 Å². The number of methoxy groups -OCH3 is 2. The SMILES string of the molecule is CCCCc1c(C)c2cc3nc(c(-c4ccc(C#CC#CC#CC#Cc5ccc(C(OC)OC)cc5)cc4)c4nc(cc5[nH]c(cc1[nH]2)c(CCCC)c5C)C(C)=C4C)C(C)=C3C. The maximum Gasteiger partial charge on any atom is 0.183 e. The molecule has 6 nitrogen and oxygen atoms in total. The number of hydrogen-bond acceptors (Lipinski definition) is 4. The highest BCUT2D eigenvalue weighted by molar-refractivity contribution is 6.01. The fourth-order valence-corrected chi connectivity index (χ4v) is 8.28. The molecule has 5 heterocycles. The summed E-state index contributed by atoms with van der Waals surface area (Å²) in [6.45, 7) is 17.8. The lowest BCUT2D eigenvalue weighted by molar-refractivity contribution is -0.106. The molecule has 6 heteroatoms. The first kappa shape index (κ1) is 44.3. The van der Waals surface area contributed by atoms with Crippen molar-refractivity contribution in [3.63, 3.8) is 0 Å². The number of rotatable bonds is 10. The van der Waals surface area contributed by atoms with Gasteiger partial charge in [0.25, 0.3) is 0 Å². The Morgan fingerprint density at radius 1 is 0.524 bits per heavy atom. The Hall–Kier alpha value is -6.80. The molecule has 0 radical (unpaired) electrons. The third-order valence-corrected chi connectivity index (χ3v) is 12.4. The quantitative estimate of drug-likeness (QED) is 0.109. The molecule has 2 aliphatic heterocycles. The van der Waals surface area contributed by atoms with Crippen LogP contribution in [-0.2, 0) is 22.3 Å². The zero-order valence-corrected chi connectivity index (χ0v) is 38.4. The van der Waals surface area contributed by atoms with Gasteiger partial charge in [0.15, 0.2) is 6.29 Å². The lowest BCUT2D eigenvalue weighted by atomic mass is 9.94. The number of aromatic amines is 2. The van der Waals surface area contributed by atoms with Crippen LogP contribution in [0.3, 0.4) is 0 Å². The summed E-state index contributed by atoms with van der Waals surface area (Å²) in [6, 6.07) is 22.8. The Kier molecular flexibility index (Phi) is 14.0. The Bertz CT molecular complexity index is 2940. The van der Waals surface area contributed by atoms with Crippen LogP contribution in [0.1, 0.15) is 135 Å². The second-order valence-electron chi connectivity index (χ2n) is 16.3. The smallest absolute Gasteiger partial charge is 0.183 e. The summed E-state index contributed by atoms with van der Waals surface area (Å²) < 4.78 is 10.6. The predicted octanol–water partition coefficient (Wildman–Crippen LogP) is 12.9. The van der Waals surface area contributed by atoms with Crippen molar-refractivity contribution in [3.8, 4) is 58.5 Å². The molecule has 0 spiro atoms. The highest BCUT2D eigenvalue weighted by Crippen LogP contribution is 2.42. The average Bonchev–Trinajstić information content (AvgIpc) is 3.94. The van der Waals surface area contributed by atoms with E-state index in [4.69, 9.17) is 19.4 Å². The minimum atomic E-state index is -0.405. The Balaban J connectivity index is 1.31. The maximum atomic E-state index is 5.43. The second-order valence-corrected chi connectivity index (χ2v) is 16.3. The lowest BCUT2D eigenvalue weighted by Gasteiger charge is -2.13. The molecule has 2 N–H and O–H groups in total. The fraction of sp³-hybridized carbons (Fsp3) is 0.298. The first-order chi connectivity index (χ1) is 30.6. The molecule has 63 heavy (non-hydrogen) atoms. The third kappa shape index (κ3) is 9.51. The number of benzene rings is 2. The van der Waals surface area contributed by atoms with Crippen LogP contribution in [0.15, 0.2) is 66.7 Å². The monoisotopic (exact) mass is 828 g/mol. The summed E-state index contributed by atoms with van der Waals surface area (Å²) >= 11 is 0. The van der Waals surface area contributed by atoms with E-state index in [2.05, 4.69) is 143 Å². The number of unbranched alkanes of at least 4 members (excludes halogenated alkanes) is 2. The number of aryl methyl sites for hydroxylation is 4. The zero-order valence-electron chi connectivity index (χ0n) is 38.4. The van der Waals surface area contributed by atoms with Crippen molar-refractivity contribution < 1.29 is 9.47 Å². The van der Waals surface area contributed by atoms with E-state index in [-0.39, 0.29) is 0 Å². The summed E-state index contributed by atoms with van der Waals surface area (Å²) in [6.07, 6.45) is 6.19. The molecule has 7 rings (SSSR count). The maximum absolute atomic E-state index is 5.43. The number of allylic oxidation sites excluding steroid dienone is 4. The van der Waals surface area contributed by atoms with Crippen molar-refractivity contribution in [2.45, 2.75) is 100 Å². The van der Waals surface area contributed by atoms with Gasteiger partial charge in [-0.3, -0.25) is 0 Å². The number of ether oxygens (including phenoxy) is 2. The van der Waals surface area contributed by atoms with E-state index in [1.807, 2.05) is 36.4 Å². The molecule has 8 bridgehead atoms. The molecule has 0 saturated heterocycles. The molecule has 0 aliphatic carbocycles. The fourth-order valence-electron chi connectivity index (χ4n) is 8.28. The number of H-pyrrole nitrogens is 2. The zero-order chi connectivity index (χ0) is 44.6. The van der Waals surface area contributed by atoms with Crippen molar-refractivity contribution in [3.05, 3.63) is 128 Å². The lowest BCUT2D eigenvalue weighted by Crippen LogP contribution is -2.03. The molecule has 0 unspecified atom stereocenters. The first-order valence-corrected chi connectivity index (χ1v) is 22.0. The van der Waals surface area contributed by atoms with E-state index in [0.717, 1.165) is 122 Å². The molecular weight excluding hydrogens is 773 g/mol. The van der Waals surface area contributed by atoms with Gasteiger partial charge in [0.1, 0.15) is 0 Å². The van der Waals surface area contributed by atoms with Crippen LogP contribution >= 0.6 is 0 Å². The number of aromatic nitrogens is 4. The van der Waals surface area contributed by atoms with E-state index >= 15 is 0 Å². The molecule has 316 valence electrons. The molecular formula is C57H56N4O2. The summed E-state index contributed by atoms with van der Waals surface area (Å²) in [5.74, 6) is 23.2. The van der Waals surface area contributed by atoms with Crippen molar-refractivity contribution in [2.24, 2.45) is 0 Å². The van der Waals surface area contributed by atoms with Crippen LogP contribution in [0.4, 0.5) is 0 Å². The van der Waals surface area contributed by atoms with Gasteiger partial charge in [-0.25, -0.2) is 9.97 Å². The van der Waals surface area contributed by atoms with Gasteiger partial charge < -0.3 is 19.4 Å². The van der Waals surface area contributed by atoms with Crippen molar-refractivity contribution in [2.75, 3.05) is 14.2 Å². The van der Waals surface area contributed by atoms with E-state index in [1.165, 1.54) is 33.3 Å². The highest BCUT2D eigenvalue weighted by atomic mass is 16.7. The van der Waals surface area contributed by atoms with Gasteiger partial charge in [0.05, 0.1) is 22.8 Å². The molecule has 2 aromatic carbocycles. The summed E-state index contributed by atoms with van der Waals surface area (Å²) in [5, 5.41) is 0. The molecule has 0 saturated carbocycles. The number of hydrogen-bond donors (Lipinski definition) is 2. The van der Waals surface area contributed by atoms with Crippen LogP contribution in [0.2, 0.25) is 0 Å². The Morgan fingerprint density at radius 3 is 1.38 bits per heavy atom. The molecule has 0 fully saturated rings. The highest BCUT2D eigenvalue weighted by Gasteiger charge is 2.25. The molecule has 3 aromatic heterocycles. The molecule has 2 aliphatic rings. The number of nitrogens with one attached hydrogen (secondary N) is 2. The Morgan fingerprint density at radius 2 is 0.952 bits per heavy atom. The standard InChI is InChI=1S/C57H56N4O2/c1-11-13-23-46-40(7)50-33-48-36(3)38(5)55(60-48)54(56-39(6)37(4)49(61-56)34-51-41(8)47(24-14-12-2)53(59-51)35-52(46)58-50)44-29-25-42(26-30-44)21-19-17-15-16-18-20-22-43-27-31-45(32-28-43)57(62-9)63-10/h25-35,57-59H,11-14,23-24H2,1-10H3.